The summed E-state index contributed by atoms with van der Waals surface area (Å²) in [4.78, 5) is 24.0. The zero-order chi connectivity index (χ0) is 18.9. The minimum Gasteiger partial charge on any atom is -0.497 e. The topological polar surface area (TPSA) is 64.6 Å². The lowest BCUT2D eigenvalue weighted by Crippen LogP contribution is -2.28. The fourth-order valence-electron chi connectivity index (χ4n) is 2.08. The molecule has 0 fully saturated rings. The summed E-state index contributed by atoms with van der Waals surface area (Å²) in [6, 6.07) is 13.0. The van der Waals surface area contributed by atoms with Crippen molar-refractivity contribution in [3.8, 4) is 5.75 Å². The molecule has 0 bridgehead atoms. The number of esters is 1. The standard InChI is InChI=1S/C18H17F2NO4S/c1-24-13-6-4-5-12(9-13)10-21-16(22)11-25-17(23)14-7-2-3-8-15(14)26-18(19)20/h2-9,18H,10-11H2,1H3,(H,21,22). The third-order valence-corrected chi connectivity index (χ3v) is 4.07. The lowest BCUT2D eigenvalue weighted by Gasteiger charge is -2.10. The number of carbonyl (C=O) groups is 2. The highest BCUT2D eigenvalue weighted by atomic mass is 32.2. The fourth-order valence-corrected chi connectivity index (χ4v) is 2.70. The van der Waals surface area contributed by atoms with E-state index in [1.807, 2.05) is 6.07 Å². The van der Waals surface area contributed by atoms with E-state index < -0.39 is 24.2 Å². The van der Waals surface area contributed by atoms with Gasteiger partial charge >= 0.3 is 5.97 Å². The van der Waals surface area contributed by atoms with Crippen molar-refractivity contribution in [3.05, 3.63) is 59.7 Å². The molecule has 0 aromatic heterocycles. The molecule has 0 saturated heterocycles. The van der Waals surface area contributed by atoms with Gasteiger partial charge < -0.3 is 14.8 Å². The number of hydrogen-bond donors (Lipinski definition) is 1. The lowest BCUT2D eigenvalue weighted by molar-refractivity contribution is -0.124. The van der Waals surface area contributed by atoms with Crippen molar-refractivity contribution < 1.29 is 27.8 Å². The second-order valence-electron chi connectivity index (χ2n) is 5.08. The summed E-state index contributed by atoms with van der Waals surface area (Å²) in [5.41, 5.74) is 0.820. The van der Waals surface area contributed by atoms with Crippen LogP contribution in [-0.4, -0.2) is 31.4 Å². The fraction of sp³-hybridized carbons (Fsp3) is 0.222. The molecule has 0 spiro atoms. The van der Waals surface area contributed by atoms with Gasteiger partial charge in [0.2, 0.25) is 0 Å². The van der Waals surface area contributed by atoms with E-state index in [2.05, 4.69) is 5.32 Å². The van der Waals surface area contributed by atoms with E-state index in [4.69, 9.17) is 9.47 Å². The summed E-state index contributed by atoms with van der Waals surface area (Å²) in [7, 11) is 1.54. The molecule has 0 aliphatic heterocycles. The van der Waals surface area contributed by atoms with Crippen LogP contribution in [0.15, 0.2) is 53.4 Å². The second kappa shape index (κ2) is 9.76. The minimum atomic E-state index is -2.66. The normalized spacial score (nSPS) is 10.5. The number of methoxy groups -OCH3 is 1. The Bertz CT molecular complexity index is 770. The van der Waals surface area contributed by atoms with Gasteiger partial charge in [-0.3, -0.25) is 4.79 Å². The average molecular weight is 381 g/mol. The zero-order valence-electron chi connectivity index (χ0n) is 13.9. The van der Waals surface area contributed by atoms with Crippen LogP contribution >= 0.6 is 11.8 Å². The highest BCUT2D eigenvalue weighted by Crippen LogP contribution is 2.28. The molecule has 1 N–H and O–H groups in total. The second-order valence-corrected chi connectivity index (χ2v) is 6.11. The number of benzene rings is 2. The summed E-state index contributed by atoms with van der Waals surface area (Å²) in [5.74, 6) is -3.32. The molecule has 8 heteroatoms. The lowest BCUT2D eigenvalue weighted by atomic mass is 10.2. The van der Waals surface area contributed by atoms with Gasteiger partial charge in [-0.05, 0) is 29.8 Å². The van der Waals surface area contributed by atoms with Crippen molar-refractivity contribution in [2.24, 2.45) is 0 Å². The van der Waals surface area contributed by atoms with Gasteiger partial charge in [-0.1, -0.05) is 36.0 Å². The number of amides is 1. The Hall–Kier alpha value is -2.61. The van der Waals surface area contributed by atoms with E-state index in [0.717, 1.165) is 5.56 Å². The van der Waals surface area contributed by atoms with Gasteiger partial charge in [0.25, 0.3) is 11.7 Å². The van der Waals surface area contributed by atoms with Crippen molar-refractivity contribution >= 4 is 23.6 Å². The van der Waals surface area contributed by atoms with Gasteiger partial charge in [0.05, 0.1) is 12.7 Å². The van der Waals surface area contributed by atoms with E-state index >= 15 is 0 Å². The van der Waals surface area contributed by atoms with Crippen LogP contribution in [0, 0.1) is 0 Å². The smallest absolute Gasteiger partial charge is 0.339 e. The molecule has 0 aliphatic carbocycles. The van der Waals surface area contributed by atoms with E-state index in [0.29, 0.717) is 5.75 Å². The van der Waals surface area contributed by atoms with Gasteiger partial charge in [0, 0.05) is 11.4 Å². The van der Waals surface area contributed by atoms with Crippen molar-refractivity contribution in [1.82, 2.24) is 5.32 Å². The summed E-state index contributed by atoms with van der Waals surface area (Å²) >= 11 is 0.252. The summed E-state index contributed by atoms with van der Waals surface area (Å²) in [6.45, 7) is -0.262. The molecule has 0 saturated carbocycles. The highest BCUT2D eigenvalue weighted by Gasteiger charge is 2.17. The molecule has 2 rings (SSSR count). The number of nitrogens with one attached hydrogen (secondary N) is 1. The summed E-state index contributed by atoms with van der Waals surface area (Å²) in [6.07, 6.45) is 0. The number of thioether (sulfide) groups is 1. The van der Waals surface area contributed by atoms with Crippen molar-refractivity contribution in [1.29, 1.82) is 0 Å². The molecule has 0 aliphatic rings. The van der Waals surface area contributed by atoms with E-state index in [-0.39, 0.29) is 28.8 Å². The number of carbonyl (C=O) groups excluding carboxylic acids is 2. The van der Waals surface area contributed by atoms with Crippen LogP contribution in [0.3, 0.4) is 0 Å². The molecule has 5 nitrogen and oxygen atoms in total. The predicted octanol–water partition coefficient (Wildman–Crippen LogP) is 3.48. The van der Waals surface area contributed by atoms with Crippen molar-refractivity contribution in [2.45, 2.75) is 17.2 Å². The number of alkyl halides is 2. The van der Waals surface area contributed by atoms with Crippen molar-refractivity contribution in [3.63, 3.8) is 0 Å². The highest BCUT2D eigenvalue weighted by molar-refractivity contribution is 7.99. The van der Waals surface area contributed by atoms with Gasteiger partial charge in [-0.15, -0.1) is 0 Å². The SMILES string of the molecule is COc1cccc(CNC(=O)COC(=O)c2ccccc2SC(F)F)c1. The maximum atomic E-state index is 12.5. The first-order valence-corrected chi connectivity index (χ1v) is 8.48. The van der Waals surface area contributed by atoms with E-state index in [1.165, 1.54) is 18.2 Å². The quantitative estimate of drug-likeness (QED) is 0.560. The number of rotatable bonds is 8. The molecular weight excluding hydrogens is 364 g/mol. The summed E-state index contributed by atoms with van der Waals surface area (Å²) in [5, 5.41) is 2.61. The van der Waals surface area contributed by atoms with Crippen LogP contribution in [0.1, 0.15) is 15.9 Å². The number of ether oxygens (including phenoxy) is 2. The van der Waals surface area contributed by atoms with Crippen LogP contribution in [0.5, 0.6) is 5.75 Å². The predicted molar refractivity (Wildman–Crippen MR) is 93.4 cm³/mol. The number of halogens is 2. The third-order valence-electron chi connectivity index (χ3n) is 3.28. The molecular formula is C18H17F2NO4S. The first-order valence-electron chi connectivity index (χ1n) is 7.60. The van der Waals surface area contributed by atoms with Gasteiger partial charge in [-0.25, -0.2) is 4.79 Å². The van der Waals surface area contributed by atoms with Crippen LogP contribution in [0.4, 0.5) is 8.78 Å². The molecule has 138 valence electrons. The molecule has 0 unspecified atom stereocenters. The maximum absolute atomic E-state index is 12.5. The molecule has 0 heterocycles. The van der Waals surface area contributed by atoms with Crippen LogP contribution in [0.25, 0.3) is 0 Å². The molecule has 2 aromatic rings. The van der Waals surface area contributed by atoms with E-state index in [1.54, 1.807) is 31.4 Å². The monoisotopic (exact) mass is 381 g/mol. The Balaban J connectivity index is 1.86. The number of hydrogen-bond acceptors (Lipinski definition) is 5. The Morgan fingerprint density at radius 1 is 1.15 bits per heavy atom. The Kier molecular flexibility index (Phi) is 7.40. The molecule has 0 atom stereocenters. The van der Waals surface area contributed by atoms with Crippen LogP contribution < -0.4 is 10.1 Å². The Morgan fingerprint density at radius 3 is 2.65 bits per heavy atom. The van der Waals surface area contributed by atoms with Gasteiger partial charge in [0.1, 0.15) is 5.75 Å². The largest absolute Gasteiger partial charge is 0.497 e. The van der Waals surface area contributed by atoms with E-state index in [9.17, 15) is 18.4 Å². The van der Waals surface area contributed by atoms with Crippen LogP contribution in [-0.2, 0) is 16.1 Å². The average Bonchev–Trinajstić information content (AvgIpc) is 2.64. The van der Waals surface area contributed by atoms with Gasteiger partial charge in [-0.2, -0.15) is 8.78 Å². The van der Waals surface area contributed by atoms with Crippen LogP contribution in [0.2, 0.25) is 0 Å². The first-order chi connectivity index (χ1) is 12.5. The maximum Gasteiger partial charge on any atom is 0.339 e. The van der Waals surface area contributed by atoms with Crippen molar-refractivity contribution in [2.75, 3.05) is 13.7 Å². The van der Waals surface area contributed by atoms with Gasteiger partial charge in [0.15, 0.2) is 6.61 Å². The minimum absolute atomic E-state index is 0.00149. The molecule has 26 heavy (non-hydrogen) atoms. The first kappa shape index (κ1) is 19.7. The summed E-state index contributed by atoms with van der Waals surface area (Å²) < 4.78 is 35.1. The third kappa shape index (κ3) is 6.03. The molecule has 0 radical (unpaired) electrons. The molecule has 1 amide bonds. The Labute approximate surface area is 153 Å². The Morgan fingerprint density at radius 2 is 1.92 bits per heavy atom. The molecule has 2 aromatic carbocycles. The zero-order valence-corrected chi connectivity index (χ0v) is 14.7.